The third-order valence-electron chi connectivity index (χ3n) is 2.60. The van der Waals surface area contributed by atoms with Crippen molar-refractivity contribution in [2.24, 2.45) is 0 Å². The van der Waals surface area contributed by atoms with E-state index in [0.717, 1.165) is 0 Å². The first-order valence-corrected chi connectivity index (χ1v) is 7.34. The lowest BCUT2D eigenvalue weighted by molar-refractivity contribution is -0.139. The summed E-state index contributed by atoms with van der Waals surface area (Å²) in [5, 5.41) is 9.12. The highest BCUT2D eigenvalue weighted by molar-refractivity contribution is 8.26. The second-order valence-corrected chi connectivity index (χ2v) is 6.22. The van der Waals surface area contributed by atoms with Gasteiger partial charge >= 0.3 is 5.97 Å². The summed E-state index contributed by atoms with van der Waals surface area (Å²) in [6.07, 6.45) is 1.59. The number of rotatable bonds is 4. The summed E-state index contributed by atoms with van der Waals surface area (Å²) in [6, 6.07) is 4.74. The first kappa shape index (κ1) is 15.8. The zero-order chi connectivity index (χ0) is 15.6. The number of carboxylic acids is 1. The molecule has 0 aromatic heterocycles. The molecule has 0 saturated carbocycles. The lowest BCUT2D eigenvalue weighted by atomic mass is 10.2. The quantitative estimate of drug-likeness (QED) is 0.669. The van der Waals surface area contributed by atoms with Crippen LogP contribution in [0.25, 0.3) is 6.08 Å². The van der Waals surface area contributed by atoms with E-state index in [2.05, 4.69) is 0 Å². The van der Waals surface area contributed by atoms with E-state index >= 15 is 0 Å². The first-order valence-electron chi connectivity index (χ1n) is 5.74. The largest absolute Gasteiger partial charge is 0.481 e. The smallest absolute Gasteiger partial charge is 0.341 e. The van der Waals surface area contributed by atoms with Gasteiger partial charge in [0.25, 0.3) is 5.91 Å². The Morgan fingerprint density at radius 1 is 1.57 bits per heavy atom. The highest BCUT2D eigenvalue weighted by Gasteiger charge is 2.29. The molecule has 0 spiro atoms. The maximum atomic E-state index is 12.0. The van der Waals surface area contributed by atoms with Crippen molar-refractivity contribution < 1.29 is 19.4 Å². The summed E-state index contributed by atoms with van der Waals surface area (Å²) < 4.78 is 5.64. The molecule has 21 heavy (non-hydrogen) atoms. The van der Waals surface area contributed by atoms with Crippen LogP contribution in [0.4, 0.5) is 0 Å². The summed E-state index contributed by atoms with van der Waals surface area (Å²) in [5.74, 6) is -0.965. The number of halogens is 1. The van der Waals surface area contributed by atoms with Gasteiger partial charge < -0.3 is 9.84 Å². The van der Waals surface area contributed by atoms with Gasteiger partial charge in [-0.15, -0.1) is 0 Å². The van der Waals surface area contributed by atoms with Crippen molar-refractivity contribution in [3.05, 3.63) is 33.7 Å². The molecule has 1 aromatic carbocycles. The van der Waals surface area contributed by atoms with E-state index in [0.29, 0.717) is 25.6 Å². The lowest BCUT2D eigenvalue weighted by Gasteiger charge is -2.08. The van der Waals surface area contributed by atoms with Gasteiger partial charge in [0, 0.05) is 17.6 Å². The maximum Gasteiger partial charge on any atom is 0.341 e. The van der Waals surface area contributed by atoms with Crippen molar-refractivity contribution in [2.75, 3.05) is 13.7 Å². The normalized spacial score (nSPS) is 16.7. The van der Waals surface area contributed by atoms with Gasteiger partial charge in [0.2, 0.25) is 0 Å². The zero-order valence-corrected chi connectivity index (χ0v) is 13.2. The second kappa shape index (κ2) is 6.46. The molecule has 110 valence electrons. The Labute approximate surface area is 135 Å². The first-order chi connectivity index (χ1) is 9.88. The molecule has 0 aliphatic carbocycles. The zero-order valence-electron chi connectivity index (χ0n) is 10.8. The molecule has 1 N–H and O–H groups in total. The number of aliphatic carboxylic acids is 1. The number of carbonyl (C=O) groups is 2. The van der Waals surface area contributed by atoms with Crippen molar-refractivity contribution >= 4 is 57.9 Å². The molecule has 1 aromatic rings. The minimum atomic E-state index is -1.09. The Kier molecular flexibility index (Phi) is 4.87. The van der Waals surface area contributed by atoms with Crippen LogP contribution in [0.2, 0.25) is 5.02 Å². The van der Waals surface area contributed by atoms with E-state index in [1.807, 2.05) is 0 Å². The molecule has 0 bridgehead atoms. The number of carboxylic acid groups (broad SMARTS) is 1. The minimum Gasteiger partial charge on any atom is -0.481 e. The Morgan fingerprint density at radius 3 is 2.86 bits per heavy atom. The minimum absolute atomic E-state index is 0.214. The number of hydrogen-bond donors (Lipinski definition) is 1. The van der Waals surface area contributed by atoms with E-state index in [9.17, 15) is 9.59 Å². The van der Waals surface area contributed by atoms with Crippen LogP contribution in [0.1, 0.15) is 5.56 Å². The Balaban J connectivity index is 2.34. The Hall–Kier alpha value is -1.57. The van der Waals surface area contributed by atoms with E-state index in [1.165, 1.54) is 16.7 Å². The number of hydrogen-bond acceptors (Lipinski definition) is 5. The fraction of sp³-hybridized carbons (Fsp3) is 0.154. The van der Waals surface area contributed by atoms with Crippen LogP contribution in [0.15, 0.2) is 23.1 Å². The van der Waals surface area contributed by atoms with Crippen LogP contribution in [0.3, 0.4) is 0 Å². The fourth-order valence-corrected chi connectivity index (χ4v) is 2.94. The fourth-order valence-electron chi connectivity index (χ4n) is 1.59. The molecule has 1 aliphatic heterocycles. The van der Waals surface area contributed by atoms with Crippen molar-refractivity contribution in [3.8, 4) is 5.75 Å². The predicted molar refractivity (Wildman–Crippen MR) is 85.5 cm³/mol. The number of amides is 1. The summed E-state index contributed by atoms with van der Waals surface area (Å²) in [4.78, 5) is 24.4. The topological polar surface area (TPSA) is 66.8 Å². The molecule has 1 aliphatic rings. The van der Waals surface area contributed by atoms with E-state index in [-0.39, 0.29) is 5.91 Å². The van der Waals surface area contributed by atoms with Crippen LogP contribution < -0.4 is 4.74 Å². The molecule has 1 fully saturated rings. The molecule has 0 radical (unpaired) electrons. The van der Waals surface area contributed by atoms with Gasteiger partial charge in [0.1, 0.15) is 10.1 Å². The van der Waals surface area contributed by atoms with Gasteiger partial charge in [-0.2, -0.15) is 0 Å². The number of nitrogens with zero attached hydrogens (tertiary/aromatic N) is 1. The summed E-state index contributed by atoms with van der Waals surface area (Å²) >= 11 is 12.1. The summed E-state index contributed by atoms with van der Waals surface area (Å²) in [5.41, 5.74) is 0.526. The highest BCUT2D eigenvalue weighted by atomic mass is 35.5. The Bertz CT molecular complexity index is 660. The van der Waals surface area contributed by atoms with Gasteiger partial charge in [-0.25, -0.2) is 4.79 Å². The second-order valence-electron chi connectivity index (χ2n) is 4.11. The van der Waals surface area contributed by atoms with Crippen LogP contribution in [0, 0.1) is 0 Å². The monoisotopic (exact) mass is 343 g/mol. The molecule has 0 atom stereocenters. The molecular formula is C13H10ClNO4S2. The summed E-state index contributed by atoms with van der Waals surface area (Å²) in [7, 11) is 1.60. The van der Waals surface area contributed by atoms with E-state index in [1.54, 1.807) is 31.3 Å². The van der Waals surface area contributed by atoms with Gasteiger partial charge in [0.05, 0.1) is 4.91 Å². The molecular weight excluding hydrogens is 334 g/mol. The molecule has 5 nitrogen and oxygen atoms in total. The molecule has 2 rings (SSSR count). The molecule has 0 unspecified atom stereocenters. The highest BCUT2D eigenvalue weighted by Crippen LogP contribution is 2.34. The van der Waals surface area contributed by atoms with E-state index in [4.69, 9.17) is 33.7 Å². The standard InChI is InChI=1S/C13H10ClNO4S2/c1-15-12(18)10(21-13(15)20)5-7-4-8(14)2-3-9(7)19-6-11(16)17/h2-5H,6H2,1H3,(H,16,17). The SMILES string of the molecule is CN1C(=O)C(=Cc2cc(Cl)ccc2OCC(=O)O)SC1=S. The van der Waals surface area contributed by atoms with Gasteiger partial charge in [-0.3, -0.25) is 9.69 Å². The number of carbonyl (C=O) groups excluding carboxylic acids is 1. The molecule has 1 saturated heterocycles. The molecule has 1 amide bonds. The van der Waals surface area contributed by atoms with Crippen LogP contribution >= 0.6 is 35.6 Å². The van der Waals surface area contributed by atoms with Crippen molar-refractivity contribution in [3.63, 3.8) is 0 Å². The number of likely N-dealkylation sites (N-methyl/N-ethyl adjacent to an activating group) is 1. The van der Waals surface area contributed by atoms with Gasteiger partial charge in [-0.05, 0) is 24.3 Å². The van der Waals surface area contributed by atoms with Crippen molar-refractivity contribution in [2.45, 2.75) is 0 Å². The van der Waals surface area contributed by atoms with Crippen molar-refractivity contribution in [1.82, 2.24) is 4.90 Å². The van der Waals surface area contributed by atoms with E-state index < -0.39 is 12.6 Å². The number of thioether (sulfide) groups is 1. The van der Waals surface area contributed by atoms with Gasteiger partial charge in [-0.1, -0.05) is 35.6 Å². The third-order valence-corrected chi connectivity index (χ3v) is 4.32. The maximum absolute atomic E-state index is 12.0. The number of benzene rings is 1. The number of thiocarbonyl (C=S) groups is 1. The third kappa shape index (κ3) is 3.75. The molecule has 8 heteroatoms. The van der Waals surface area contributed by atoms with Gasteiger partial charge in [0.15, 0.2) is 6.61 Å². The summed E-state index contributed by atoms with van der Waals surface area (Å²) in [6.45, 7) is -0.475. The van der Waals surface area contributed by atoms with Crippen molar-refractivity contribution in [1.29, 1.82) is 0 Å². The van der Waals surface area contributed by atoms with Crippen LogP contribution in [-0.2, 0) is 9.59 Å². The average molecular weight is 344 g/mol. The predicted octanol–water partition coefficient (Wildman–Crippen LogP) is 2.63. The lowest BCUT2D eigenvalue weighted by Crippen LogP contribution is -2.22. The van der Waals surface area contributed by atoms with Crippen LogP contribution in [0.5, 0.6) is 5.75 Å². The molecule has 1 heterocycles. The Morgan fingerprint density at radius 2 is 2.29 bits per heavy atom. The van der Waals surface area contributed by atoms with Crippen LogP contribution in [-0.4, -0.2) is 39.9 Å². The average Bonchev–Trinajstić information content (AvgIpc) is 2.65. The number of ether oxygens (including phenoxy) is 1.